The molecule has 0 aromatic rings. The molecule has 0 radical (unpaired) electrons. The van der Waals surface area contributed by atoms with E-state index < -0.39 is 0 Å². The normalized spacial score (nSPS) is 13.0. The molecule has 0 spiro atoms. The van der Waals surface area contributed by atoms with Crippen LogP contribution in [0.1, 0.15) is 33.6 Å². The fraction of sp³-hybridized carbons (Fsp3) is 0.900. The highest BCUT2D eigenvalue weighted by Crippen LogP contribution is 2.22. The Labute approximate surface area is 86.6 Å². The fourth-order valence-corrected chi connectivity index (χ4v) is 1.17. The third-order valence-corrected chi connectivity index (χ3v) is 2.05. The van der Waals surface area contributed by atoms with Crippen molar-refractivity contribution in [2.75, 3.05) is 19.7 Å². The molecule has 0 atom stereocenters. The third kappa shape index (κ3) is 6.71. The minimum atomic E-state index is 0.114. The highest BCUT2D eigenvalue weighted by atomic mass is 16.2. The molecule has 0 aromatic heterocycles. The molecule has 0 aliphatic rings. The van der Waals surface area contributed by atoms with Crippen molar-refractivity contribution in [1.82, 2.24) is 5.32 Å². The van der Waals surface area contributed by atoms with E-state index in [9.17, 15) is 0 Å². The molecule has 0 saturated heterocycles. The van der Waals surface area contributed by atoms with Crippen LogP contribution in [0, 0.1) is 5.41 Å². The summed E-state index contributed by atoms with van der Waals surface area (Å²) < 4.78 is 0. The molecule has 84 valence electrons. The summed E-state index contributed by atoms with van der Waals surface area (Å²) in [6.45, 7) is 7.99. The molecule has 0 aromatic carbocycles. The number of hydrogen-bond acceptors (Lipinski definition) is 2. The van der Waals surface area contributed by atoms with Crippen molar-refractivity contribution in [1.29, 1.82) is 0 Å². The fourth-order valence-electron chi connectivity index (χ4n) is 1.17. The number of rotatable bonds is 6. The molecule has 0 bridgehead atoms. The quantitative estimate of drug-likeness (QED) is 0.438. The Morgan fingerprint density at radius 2 is 2.14 bits per heavy atom. The van der Waals surface area contributed by atoms with Crippen LogP contribution >= 0.6 is 0 Å². The smallest absolute Gasteiger partial charge is 0.188 e. The van der Waals surface area contributed by atoms with Gasteiger partial charge in [-0.2, -0.15) is 0 Å². The van der Waals surface area contributed by atoms with Gasteiger partial charge in [0, 0.05) is 19.7 Å². The lowest BCUT2D eigenvalue weighted by Crippen LogP contribution is -2.32. The topological polar surface area (TPSA) is 70.6 Å². The molecule has 4 heteroatoms. The molecule has 0 rings (SSSR count). The Morgan fingerprint density at radius 1 is 1.50 bits per heavy atom. The Balaban J connectivity index is 3.89. The molecule has 0 amide bonds. The summed E-state index contributed by atoms with van der Waals surface area (Å²) in [4.78, 5) is 4.24. The maximum atomic E-state index is 8.72. The second-order valence-electron chi connectivity index (χ2n) is 4.22. The molecular formula is C10H23N3O. The van der Waals surface area contributed by atoms with E-state index in [1.165, 1.54) is 0 Å². The Morgan fingerprint density at radius 3 is 2.64 bits per heavy atom. The molecule has 4 nitrogen and oxygen atoms in total. The van der Waals surface area contributed by atoms with Crippen LogP contribution in [0.4, 0.5) is 0 Å². The zero-order valence-corrected chi connectivity index (χ0v) is 9.51. The Kier molecular flexibility index (Phi) is 6.28. The van der Waals surface area contributed by atoms with Gasteiger partial charge in [-0.15, -0.1) is 0 Å². The highest BCUT2D eigenvalue weighted by molar-refractivity contribution is 5.77. The van der Waals surface area contributed by atoms with Gasteiger partial charge in [0.2, 0.25) is 0 Å². The van der Waals surface area contributed by atoms with Crippen molar-refractivity contribution < 1.29 is 5.11 Å². The lowest BCUT2D eigenvalue weighted by Gasteiger charge is -2.21. The van der Waals surface area contributed by atoms with Crippen LogP contribution in [0.15, 0.2) is 4.99 Å². The maximum absolute atomic E-state index is 8.72. The van der Waals surface area contributed by atoms with E-state index >= 15 is 0 Å². The van der Waals surface area contributed by atoms with Crippen molar-refractivity contribution in [3.05, 3.63) is 0 Å². The van der Waals surface area contributed by atoms with Gasteiger partial charge >= 0.3 is 0 Å². The van der Waals surface area contributed by atoms with Gasteiger partial charge in [-0.25, -0.2) is 0 Å². The predicted molar refractivity (Wildman–Crippen MR) is 60.3 cm³/mol. The zero-order valence-electron chi connectivity index (χ0n) is 9.51. The van der Waals surface area contributed by atoms with Crippen LogP contribution in [0.3, 0.4) is 0 Å². The lowest BCUT2D eigenvalue weighted by atomic mass is 9.88. The number of nitrogens with zero attached hydrogens (tertiary/aromatic N) is 1. The first-order chi connectivity index (χ1) is 6.52. The predicted octanol–water partition coefficient (Wildman–Crippen LogP) is 0.709. The summed E-state index contributed by atoms with van der Waals surface area (Å²) >= 11 is 0. The monoisotopic (exact) mass is 201 g/mol. The summed E-state index contributed by atoms with van der Waals surface area (Å²) in [5, 5.41) is 11.7. The van der Waals surface area contributed by atoms with E-state index in [0.29, 0.717) is 12.5 Å². The molecule has 0 aliphatic heterocycles. The number of nitrogens with two attached hydrogens (primary N) is 1. The molecule has 0 fully saturated rings. The lowest BCUT2D eigenvalue weighted by molar-refractivity contribution is 0.245. The SMILES string of the molecule is CCNC(N)=NCC(C)(C)CCCO. The third-order valence-electron chi connectivity index (χ3n) is 2.05. The summed E-state index contributed by atoms with van der Waals surface area (Å²) in [6, 6.07) is 0. The number of aliphatic hydroxyl groups excluding tert-OH is 1. The van der Waals surface area contributed by atoms with E-state index in [4.69, 9.17) is 10.8 Å². The van der Waals surface area contributed by atoms with Crippen molar-refractivity contribution in [3.63, 3.8) is 0 Å². The van der Waals surface area contributed by atoms with Gasteiger partial charge in [0.25, 0.3) is 0 Å². The van der Waals surface area contributed by atoms with E-state index in [1.54, 1.807) is 0 Å². The summed E-state index contributed by atoms with van der Waals surface area (Å²) in [6.07, 6.45) is 1.79. The van der Waals surface area contributed by atoms with Crippen molar-refractivity contribution in [3.8, 4) is 0 Å². The molecule has 0 heterocycles. The van der Waals surface area contributed by atoms with Crippen LogP contribution in [0.2, 0.25) is 0 Å². The van der Waals surface area contributed by atoms with Gasteiger partial charge in [0.1, 0.15) is 0 Å². The van der Waals surface area contributed by atoms with Gasteiger partial charge in [-0.05, 0) is 25.2 Å². The number of aliphatic imine (C=N–C) groups is 1. The Bertz CT molecular complexity index is 178. The Hall–Kier alpha value is -0.770. The van der Waals surface area contributed by atoms with Gasteiger partial charge < -0.3 is 16.2 Å². The van der Waals surface area contributed by atoms with E-state index in [2.05, 4.69) is 24.2 Å². The minimum Gasteiger partial charge on any atom is -0.396 e. The second-order valence-corrected chi connectivity index (χ2v) is 4.22. The molecule has 14 heavy (non-hydrogen) atoms. The molecule has 4 N–H and O–H groups in total. The average molecular weight is 201 g/mol. The first-order valence-electron chi connectivity index (χ1n) is 5.16. The maximum Gasteiger partial charge on any atom is 0.188 e. The first kappa shape index (κ1) is 13.2. The number of guanidine groups is 1. The second kappa shape index (κ2) is 6.65. The van der Waals surface area contributed by atoms with E-state index in [1.807, 2.05) is 6.92 Å². The van der Waals surface area contributed by atoms with E-state index in [0.717, 1.165) is 19.4 Å². The summed E-state index contributed by atoms with van der Waals surface area (Å²) in [7, 11) is 0. The number of aliphatic hydroxyl groups is 1. The van der Waals surface area contributed by atoms with Gasteiger partial charge in [-0.1, -0.05) is 13.8 Å². The van der Waals surface area contributed by atoms with Crippen molar-refractivity contribution >= 4 is 5.96 Å². The summed E-state index contributed by atoms with van der Waals surface area (Å²) in [5.41, 5.74) is 5.72. The minimum absolute atomic E-state index is 0.114. The van der Waals surface area contributed by atoms with Crippen molar-refractivity contribution in [2.24, 2.45) is 16.1 Å². The zero-order chi connectivity index (χ0) is 11.0. The first-order valence-corrected chi connectivity index (χ1v) is 5.16. The van der Waals surface area contributed by atoms with Crippen LogP contribution < -0.4 is 11.1 Å². The molecule has 0 aliphatic carbocycles. The molecular weight excluding hydrogens is 178 g/mol. The highest BCUT2D eigenvalue weighted by Gasteiger charge is 2.16. The van der Waals surface area contributed by atoms with Gasteiger partial charge in [0.05, 0.1) is 0 Å². The molecule has 0 unspecified atom stereocenters. The summed E-state index contributed by atoms with van der Waals surface area (Å²) in [5.74, 6) is 0.504. The van der Waals surface area contributed by atoms with Crippen molar-refractivity contribution in [2.45, 2.75) is 33.6 Å². The number of hydrogen-bond donors (Lipinski definition) is 3. The molecule has 0 saturated carbocycles. The van der Waals surface area contributed by atoms with Crippen LogP contribution in [0.25, 0.3) is 0 Å². The standard InChI is InChI=1S/C10H23N3O/c1-4-12-9(11)13-8-10(2,3)6-5-7-14/h14H,4-8H2,1-3H3,(H3,11,12,13). The average Bonchev–Trinajstić information content (AvgIpc) is 2.13. The van der Waals surface area contributed by atoms with Gasteiger partial charge in [0.15, 0.2) is 5.96 Å². The number of nitrogens with one attached hydrogen (secondary N) is 1. The van der Waals surface area contributed by atoms with E-state index in [-0.39, 0.29) is 12.0 Å². The van der Waals surface area contributed by atoms with Crippen LogP contribution in [-0.2, 0) is 0 Å². The van der Waals surface area contributed by atoms with Gasteiger partial charge in [-0.3, -0.25) is 4.99 Å². The largest absolute Gasteiger partial charge is 0.396 e. The van der Waals surface area contributed by atoms with Crippen LogP contribution in [0.5, 0.6) is 0 Å². The van der Waals surface area contributed by atoms with Crippen LogP contribution in [-0.4, -0.2) is 30.8 Å².